The Balaban J connectivity index is 1.94. The normalized spacial score (nSPS) is 10.9. The van der Waals surface area contributed by atoms with Gasteiger partial charge in [0, 0.05) is 30.3 Å². The van der Waals surface area contributed by atoms with Crippen molar-refractivity contribution in [2.45, 2.75) is 13.8 Å². The first-order valence-electron chi connectivity index (χ1n) is 10.0. The molecule has 0 radical (unpaired) electrons. The van der Waals surface area contributed by atoms with Gasteiger partial charge in [0.2, 0.25) is 0 Å². The fraction of sp³-hybridized carbons (Fsp3) is 0.182. The van der Waals surface area contributed by atoms with E-state index in [9.17, 15) is 9.18 Å². The molecule has 3 heterocycles. The fourth-order valence-corrected chi connectivity index (χ4v) is 3.64. The fourth-order valence-electron chi connectivity index (χ4n) is 3.44. The number of anilines is 1. The van der Waals surface area contributed by atoms with Crippen LogP contribution in [0.3, 0.4) is 0 Å². The molecule has 0 atom stereocenters. The molecule has 0 bridgehead atoms. The summed E-state index contributed by atoms with van der Waals surface area (Å²) < 4.78 is 21.5. The molecule has 0 aliphatic carbocycles. The molecule has 4 rings (SSSR count). The van der Waals surface area contributed by atoms with Gasteiger partial charge in [-0.3, -0.25) is 4.68 Å². The van der Waals surface area contributed by atoms with Gasteiger partial charge in [0.15, 0.2) is 17.2 Å². The Kier molecular flexibility index (Phi) is 6.01. The van der Waals surface area contributed by atoms with Gasteiger partial charge in [-0.1, -0.05) is 11.6 Å². The molecule has 0 fully saturated rings. The molecule has 3 N–H and O–H groups in total. The molecule has 0 saturated heterocycles. The highest BCUT2D eigenvalue weighted by atomic mass is 35.5. The molecule has 1 aromatic carbocycles. The summed E-state index contributed by atoms with van der Waals surface area (Å²) in [6.45, 7) is 3.55. The van der Waals surface area contributed by atoms with Crippen molar-refractivity contribution in [3.8, 4) is 17.1 Å². The summed E-state index contributed by atoms with van der Waals surface area (Å²) in [6, 6.07) is 9.35. The molecule has 9 nitrogen and oxygen atoms in total. The Hall–Kier alpha value is -3.92. The largest absolute Gasteiger partial charge is 0.461 e. The minimum Gasteiger partial charge on any atom is -0.461 e. The zero-order chi connectivity index (χ0) is 23.7. The van der Waals surface area contributed by atoms with Crippen LogP contribution in [0.1, 0.15) is 23.1 Å². The van der Waals surface area contributed by atoms with E-state index in [1.54, 1.807) is 50.0 Å². The first-order valence-corrected chi connectivity index (χ1v) is 10.4. The standard InChI is InChI=1S/C22H21ClFN7O2/c1-4-33-22(32)20-18(23)12(2)28-31(20)17-11-16(25)27-21-15(9-10-26-17)19(30(3)29-21)13-5-7-14(24)8-6-13/h5-11H,4,25H2,1-3H3,(H,27,29). The number of aryl methyl sites for hydroxylation is 2. The highest BCUT2D eigenvalue weighted by Crippen LogP contribution is 2.28. The summed E-state index contributed by atoms with van der Waals surface area (Å²) in [6.07, 6.45) is 1.54. The molecule has 0 aliphatic rings. The van der Waals surface area contributed by atoms with Crippen LogP contribution >= 0.6 is 11.6 Å². The zero-order valence-corrected chi connectivity index (χ0v) is 18.9. The molecular formula is C22H21ClFN7O2. The zero-order valence-electron chi connectivity index (χ0n) is 18.1. The van der Waals surface area contributed by atoms with E-state index < -0.39 is 5.97 Å². The number of ether oxygens (including phenoxy) is 1. The van der Waals surface area contributed by atoms with E-state index in [4.69, 9.17) is 22.1 Å². The number of aromatic nitrogens is 6. The summed E-state index contributed by atoms with van der Waals surface area (Å²) in [5.41, 5.74) is 8.70. The quantitative estimate of drug-likeness (QED) is 0.434. The second kappa shape index (κ2) is 8.91. The van der Waals surface area contributed by atoms with E-state index in [0.717, 1.165) is 11.3 Å². The number of rotatable bonds is 4. The van der Waals surface area contributed by atoms with Crippen LogP contribution in [0.25, 0.3) is 28.1 Å². The van der Waals surface area contributed by atoms with Crippen molar-refractivity contribution < 1.29 is 13.9 Å². The summed E-state index contributed by atoms with van der Waals surface area (Å²) in [5, 5.41) is 9.71. The van der Waals surface area contributed by atoms with Crippen molar-refractivity contribution >= 4 is 34.4 Å². The third-order valence-electron chi connectivity index (χ3n) is 4.87. The lowest BCUT2D eigenvalue weighted by Crippen LogP contribution is -2.13. The van der Waals surface area contributed by atoms with E-state index in [0.29, 0.717) is 16.7 Å². The van der Waals surface area contributed by atoms with Crippen LogP contribution in [0.5, 0.6) is 0 Å². The van der Waals surface area contributed by atoms with Gasteiger partial charge in [-0.05, 0) is 44.2 Å². The van der Waals surface area contributed by atoms with E-state index >= 15 is 0 Å². The lowest BCUT2D eigenvalue weighted by atomic mass is 10.1. The molecule has 0 amide bonds. The number of fused-ring (bicyclic) bond motifs is 1. The van der Waals surface area contributed by atoms with E-state index in [1.807, 2.05) is 0 Å². The van der Waals surface area contributed by atoms with Gasteiger partial charge in [-0.25, -0.2) is 18.9 Å². The molecule has 0 unspecified atom stereocenters. The molecule has 33 heavy (non-hydrogen) atoms. The van der Waals surface area contributed by atoms with Crippen molar-refractivity contribution in [2.24, 2.45) is 7.05 Å². The maximum absolute atomic E-state index is 13.4. The highest BCUT2D eigenvalue weighted by Gasteiger charge is 2.23. The van der Waals surface area contributed by atoms with Crippen LogP contribution in [0, 0.1) is 12.7 Å². The molecule has 11 heteroatoms. The third kappa shape index (κ3) is 4.24. The number of halogens is 2. The van der Waals surface area contributed by atoms with Gasteiger partial charge >= 0.3 is 5.97 Å². The molecule has 3 aromatic heterocycles. The number of nitrogen functional groups attached to an aromatic ring is 1. The molecule has 4 aromatic rings. The second-order valence-electron chi connectivity index (χ2n) is 7.15. The van der Waals surface area contributed by atoms with E-state index in [1.165, 1.54) is 22.9 Å². The summed E-state index contributed by atoms with van der Waals surface area (Å²) >= 11 is 6.31. The Bertz CT molecular complexity index is 1400. The number of carbonyl (C=O) groups excluding carboxylic acids is 1. The van der Waals surface area contributed by atoms with Crippen molar-refractivity contribution in [3.05, 3.63) is 64.8 Å². The van der Waals surface area contributed by atoms with Gasteiger partial charge in [0.25, 0.3) is 0 Å². The number of esters is 1. The minimum atomic E-state index is -0.626. The predicted molar refractivity (Wildman–Crippen MR) is 123 cm³/mol. The summed E-state index contributed by atoms with van der Waals surface area (Å²) in [7, 11) is 1.78. The summed E-state index contributed by atoms with van der Waals surface area (Å²) in [4.78, 5) is 20.0. The lowest BCUT2D eigenvalue weighted by Gasteiger charge is -2.05. The Morgan fingerprint density at radius 3 is 2.67 bits per heavy atom. The number of nitrogens with two attached hydrogens (primary N) is 1. The predicted octanol–water partition coefficient (Wildman–Crippen LogP) is 4.13. The first kappa shape index (κ1) is 22.3. The van der Waals surface area contributed by atoms with Crippen molar-refractivity contribution in [2.75, 3.05) is 12.3 Å². The molecule has 170 valence electrons. The lowest BCUT2D eigenvalue weighted by molar-refractivity contribution is 0.0515. The Morgan fingerprint density at radius 2 is 1.97 bits per heavy atom. The van der Waals surface area contributed by atoms with Gasteiger partial charge < -0.3 is 15.5 Å². The maximum atomic E-state index is 13.4. The summed E-state index contributed by atoms with van der Waals surface area (Å²) in [5.74, 6) is -0.506. The number of carbonyl (C=O) groups is 1. The number of benzene rings is 1. The highest BCUT2D eigenvalue weighted by molar-refractivity contribution is 6.34. The Labute approximate surface area is 193 Å². The average Bonchev–Trinajstić information content (AvgIpc) is 3.25. The van der Waals surface area contributed by atoms with E-state index in [-0.39, 0.29) is 34.8 Å². The number of nitrogens with one attached hydrogen (secondary N) is 1. The maximum Gasteiger partial charge on any atom is 0.358 e. The number of hydrogen-bond acceptors (Lipinski definition) is 6. The first-order chi connectivity index (χ1) is 15.8. The number of H-pyrrole nitrogens is 1. The van der Waals surface area contributed by atoms with Gasteiger partial charge in [-0.2, -0.15) is 10.2 Å². The van der Waals surface area contributed by atoms with Crippen LogP contribution in [0.15, 0.2) is 42.6 Å². The second-order valence-corrected chi connectivity index (χ2v) is 7.53. The number of aromatic amines is 1. The van der Waals surface area contributed by atoms with Crippen molar-refractivity contribution in [1.29, 1.82) is 0 Å². The van der Waals surface area contributed by atoms with Crippen LogP contribution < -0.4 is 5.73 Å². The average molecular weight is 470 g/mol. The van der Waals surface area contributed by atoms with Gasteiger partial charge in [0.1, 0.15) is 11.6 Å². The van der Waals surface area contributed by atoms with Gasteiger partial charge in [-0.15, -0.1) is 0 Å². The molecule has 0 spiro atoms. The van der Waals surface area contributed by atoms with Crippen molar-refractivity contribution in [3.63, 3.8) is 0 Å². The van der Waals surface area contributed by atoms with Crippen LogP contribution in [-0.2, 0) is 11.8 Å². The Morgan fingerprint density at radius 1 is 1.24 bits per heavy atom. The smallest absolute Gasteiger partial charge is 0.358 e. The topological polar surface area (TPSA) is 117 Å². The molecular weight excluding hydrogens is 449 g/mol. The monoisotopic (exact) mass is 469 g/mol. The molecule has 0 saturated carbocycles. The van der Waals surface area contributed by atoms with Crippen LogP contribution in [0.4, 0.5) is 10.2 Å². The van der Waals surface area contributed by atoms with Crippen molar-refractivity contribution in [1.82, 2.24) is 29.5 Å². The number of hydrogen-bond donors (Lipinski definition) is 2. The number of nitrogens with zero attached hydrogens (tertiary/aromatic N) is 5. The SMILES string of the molecule is CCOC(=O)c1c(Cl)c(C)nn1-c1cc(N)[nH]c2nn(C)c(-c3ccc(F)cc3)c2ccn1. The van der Waals surface area contributed by atoms with Crippen LogP contribution in [0.2, 0.25) is 5.02 Å². The van der Waals surface area contributed by atoms with Gasteiger partial charge in [0.05, 0.1) is 23.0 Å². The van der Waals surface area contributed by atoms with E-state index in [2.05, 4.69) is 20.2 Å². The van der Waals surface area contributed by atoms with Crippen LogP contribution in [-0.4, -0.2) is 42.1 Å². The molecule has 0 aliphatic heterocycles. The third-order valence-corrected chi connectivity index (χ3v) is 5.32. The minimum absolute atomic E-state index is 0.0509.